The second kappa shape index (κ2) is 4.93. The zero-order valence-electron chi connectivity index (χ0n) is 11.4. The van der Waals surface area contributed by atoms with Crippen molar-refractivity contribution in [2.24, 2.45) is 0 Å². The molecule has 2 aromatic rings. The molecule has 0 unspecified atom stereocenters. The van der Waals surface area contributed by atoms with Gasteiger partial charge in [-0.2, -0.15) is 0 Å². The van der Waals surface area contributed by atoms with Crippen LogP contribution in [-0.2, 0) is 0 Å². The Kier molecular flexibility index (Phi) is 3.48. The molecule has 0 saturated carbocycles. The molecule has 1 aromatic heterocycles. The molecule has 0 aliphatic carbocycles. The summed E-state index contributed by atoms with van der Waals surface area (Å²) in [6.07, 6.45) is 1.61. The summed E-state index contributed by atoms with van der Waals surface area (Å²) in [6.45, 7) is 3.85. The molecule has 0 atom stereocenters. The molecule has 0 radical (unpaired) electrons. The summed E-state index contributed by atoms with van der Waals surface area (Å²) in [4.78, 5) is 4.29. The van der Waals surface area contributed by atoms with Crippen LogP contribution in [0, 0.1) is 0 Å². The third-order valence-corrected chi connectivity index (χ3v) is 2.80. The number of aromatic nitrogens is 1. The lowest BCUT2D eigenvalue weighted by Gasteiger charge is -2.21. The number of aliphatic hydroxyl groups is 1. The van der Waals surface area contributed by atoms with Crippen molar-refractivity contribution in [2.75, 3.05) is 24.7 Å². The van der Waals surface area contributed by atoms with Crippen LogP contribution in [0.15, 0.2) is 24.4 Å². The lowest BCUT2D eigenvalue weighted by atomic mass is 10.1. The molecule has 19 heavy (non-hydrogen) atoms. The van der Waals surface area contributed by atoms with Gasteiger partial charge in [0.05, 0.1) is 41.2 Å². The lowest BCUT2D eigenvalue weighted by Crippen LogP contribution is -2.29. The second-order valence-corrected chi connectivity index (χ2v) is 5.11. The number of pyridine rings is 1. The van der Waals surface area contributed by atoms with Crippen molar-refractivity contribution >= 4 is 22.3 Å². The van der Waals surface area contributed by atoms with Gasteiger partial charge >= 0.3 is 0 Å². The maximum absolute atomic E-state index is 9.82. The van der Waals surface area contributed by atoms with Crippen LogP contribution in [0.4, 0.5) is 11.4 Å². The van der Waals surface area contributed by atoms with Gasteiger partial charge in [0.25, 0.3) is 0 Å². The summed E-state index contributed by atoms with van der Waals surface area (Å²) >= 11 is 0. The number of hydrogen-bond acceptors (Lipinski definition) is 5. The number of nitrogens with zero attached hydrogens (tertiary/aromatic N) is 1. The van der Waals surface area contributed by atoms with Gasteiger partial charge in [-0.05, 0) is 26.0 Å². The SMILES string of the molecule is COc1cccc2ncc(N)c(NCC(C)(C)O)c12. The quantitative estimate of drug-likeness (QED) is 0.784. The monoisotopic (exact) mass is 261 g/mol. The number of benzene rings is 1. The highest BCUT2D eigenvalue weighted by molar-refractivity contribution is 6.01. The Morgan fingerprint density at radius 3 is 2.79 bits per heavy atom. The molecule has 102 valence electrons. The number of hydrogen-bond donors (Lipinski definition) is 3. The fourth-order valence-electron chi connectivity index (χ4n) is 1.89. The van der Waals surface area contributed by atoms with E-state index in [0.717, 1.165) is 16.6 Å². The Bertz CT molecular complexity index is 591. The molecule has 0 bridgehead atoms. The molecule has 0 aliphatic rings. The van der Waals surface area contributed by atoms with Crippen LogP contribution in [0.5, 0.6) is 5.75 Å². The van der Waals surface area contributed by atoms with Gasteiger partial charge < -0.3 is 20.9 Å². The summed E-state index contributed by atoms with van der Waals surface area (Å²) < 4.78 is 5.36. The fourth-order valence-corrected chi connectivity index (χ4v) is 1.89. The number of nitrogen functional groups attached to an aromatic ring is 1. The lowest BCUT2D eigenvalue weighted by molar-refractivity contribution is 0.0946. The van der Waals surface area contributed by atoms with E-state index < -0.39 is 5.60 Å². The maximum Gasteiger partial charge on any atom is 0.130 e. The highest BCUT2D eigenvalue weighted by Gasteiger charge is 2.16. The normalized spacial score (nSPS) is 11.6. The van der Waals surface area contributed by atoms with E-state index in [2.05, 4.69) is 10.3 Å². The Hall–Kier alpha value is -2.01. The van der Waals surface area contributed by atoms with Crippen molar-refractivity contribution in [3.05, 3.63) is 24.4 Å². The fraction of sp³-hybridized carbons (Fsp3) is 0.357. The molecule has 2 rings (SSSR count). The Morgan fingerprint density at radius 2 is 2.16 bits per heavy atom. The Labute approximate surface area is 112 Å². The van der Waals surface area contributed by atoms with Gasteiger partial charge in [0.15, 0.2) is 0 Å². The van der Waals surface area contributed by atoms with Crippen molar-refractivity contribution in [1.82, 2.24) is 4.98 Å². The predicted octanol–water partition coefficient (Wildman–Crippen LogP) is 2.01. The number of rotatable bonds is 4. The van der Waals surface area contributed by atoms with Gasteiger partial charge in [0.1, 0.15) is 5.75 Å². The van der Waals surface area contributed by atoms with E-state index in [1.807, 2.05) is 18.2 Å². The first-order valence-electron chi connectivity index (χ1n) is 6.10. The highest BCUT2D eigenvalue weighted by Crippen LogP contribution is 2.35. The van der Waals surface area contributed by atoms with Crippen molar-refractivity contribution < 1.29 is 9.84 Å². The molecule has 5 nitrogen and oxygen atoms in total. The average molecular weight is 261 g/mol. The van der Waals surface area contributed by atoms with E-state index in [-0.39, 0.29) is 0 Å². The van der Waals surface area contributed by atoms with Crippen LogP contribution >= 0.6 is 0 Å². The average Bonchev–Trinajstić information content (AvgIpc) is 2.35. The second-order valence-electron chi connectivity index (χ2n) is 5.11. The first-order chi connectivity index (χ1) is 8.92. The number of fused-ring (bicyclic) bond motifs is 1. The summed E-state index contributed by atoms with van der Waals surface area (Å²) in [6, 6.07) is 5.63. The molecule has 5 heteroatoms. The van der Waals surface area contributed by atoms with Crippen molar-refractivity contribution in [3.8, 4) is 5.75 Å². The maximum atomic E-state index is 9.82. The highest BCUT2D eigenvalue weighted by atomic mass is 16.5. The van der Waals surface area contributed by atoms with Crippen LogP contribution in [0.1, 0.15) is 13.8 Å². The van der Waals surface area contributed by atoms with Gasteiger partial charge in [-0.1, -0.05) is 6.07 Å². The van der Waals surface area contributed by atoms with Gasteiger partial charge in [0, 0.05) is 6.54 Å². The summed E-state index contributed by atoms with van der Waals surface area (Å²) in [5.41, 5.74) is 7.22. The van der Waals surface area contributed by atoms with Crippen LogP contribution in [-0.4, -0.2) is 29.3 Å². The molecule has 0 saturated heterocycles. The summed E-state index contributed by atoms with van der Waals surface area (Å²) in [7, 11) is 1.61. The third-order valence-electron chi connectivity index (χ3n) is 2.80. The van der Waals surface area contributed by atoms with Gasteiger partial charge in [-0.15, -0.1) is 0 Å². The van der Waals surface area contributed by atoms with Crippen LogP contribution in [0.25, 0.3) is 10.9 Å². The summed E-state index contributed by atoms with van der Waals surface area (Å²) in [5.74, 6) is 0.704. The number of ether oxygens (including phenoxy) is 1. The number of methoxy groups -OCH3 is 1. The number of nitrogens with one attached hydrogen (secondary N) is 1. The van der Waals surface area contributed by atoms with E-state index in [9.17, 15) is 5.11 Å². The minimum absolute atomic E-state index is 0.383. The molecule has 0 aliphatic heterocycles. The molecule has 0 amide bonds. The largest absolute Gasteiger partial charge is 0.496 e. The first-order valence-corrected chi connectivity index (χ1v) is 6.10. The van der Waals surface area contributed by atoms with E-state index >= 15 is 0 Å². The van der Waals surface area contributed by atoms with Gasteiger partial charge in [-0.25, -0.2) is 0 Å². The Balaban J connectivity index is 2.54. The molecule has 0 spiro atoms. The number of nitrogens with two attached hydrogens (primary N) is 1. The van der Waals surface area contributed by atoms with Gasteiger partial charge in [0.2, 0.25) is 0 Å². The summed E-state index contributed by atoms with van der Waals surface area (Å²) in [5, 5.41) is 13.8. The minimum Gasteiger partial charge on any atom is -0.496 e. The molecule has 4 N–H and O–H groups in total. The van der Waals surface area contributed by atoms with Crippen molar-refractivity contribution in [3.63, 3.8) is 0 Å². The zero-order chi connectivity index (χ0) is 14.0. The van der Waals surface area contributed by atoms with E-state index in [1.54, 1.807) is 27.2 Å². The van der Waals surface area contributed by atoms with Crippen LogP contribution < -0.4 is 15.8 Å². The standard InChI is InChI=1S/C14H19N3O2/c1-14(2,18)8-17-13-9(15)7-16-10-5-4-6-11(19-3)12(10)13/h4-7,18H,8,15H2,1-3H3,(H,16,17). The van der Waals surface area contributed by atoms with Crippen molar-refractivity contribution in [1.29, 1.82) is 0 Å². The van der Waals surface area contributed by atoms with Crippen LogP contribution in [0.2, 0.25) is 0 Å². The smallest absolute Gasteiger partial charge is 0.130 e. The third kappa shape index (κ3) is 2.88. The molecule has 1 aromatic carbocycles. The minimum atomic E-state index is -0.829. The van der Waals surface area contributed by atoms with Crippen LogP contribution in [0.3, 0.4) is 0 Å². The predicted molar refractivity (Wildman–Crippen MR) is 77.5 cm³/mol. The molecular weight excluding hydrogens is 242 g/mol. The topological polar surface area (TPSA) is 80.4 Å². The molecule has 0 fully saturated rings. The van der Waals surface area contributed by atoms with E-state index in [0.29, 0.717) is 18.0 Å². The van der Waals surface area contributed by atoms with Crippen molar-refractivity contribution in [2.45, 2.75) is 19.4 Å². The Morgan fingerprint density at radius 1 is 1.42 bits per heavy atom. The van der Waals surface area contributed by atoms with E-state index in [4.69, 9.17) is 10.5 Å². The van der Waals surface area contributed by atoms with E-state index in [1.165, 1.54) is 0 Å². The zero-order valence-corrected chi connectivity index (χ0v) is 11.4. The van der Waals surface area contributed by atoms with Gasteiger partial charge in [-0.3, -0.25) is 4.98 Å². The molecule has 1 heterocycles. The molecular formula is C14H19N3O2. The number of anilines is 2. The first kappa shape index (κ1) is 13.4.